The Balaban J connectivity index is 2.83. The van der Waals surface area contributed by atoms with Crippen molar-refractivity contribution < 1.29 is 23.9 Å². The lowest BCUT2D eigenvalue weighted by molar-refractivity contribution is -0.148. The van der Waals surface area contributed by atoms with Crippen LogP contribution in [0, 0.1) is 0 Å². The summed E-state index contributed by atoms with van der Waals surface area (Å²) in [6.07, 6.45) is 0. The lowest BCUT2D eigenvalue weighted by atomic mass is 9.72. The van der Waals surface area contributed by atoms with Crippen molar-refractivity contribution in [1.82, 2.24) is 0 Å². The van der Waals surface area contributed by atoms with Crippen LogP contribution in [0.2, 0.25) is 0 Å². The van der Waals surface area contributed by atoms with Crippen LogP contribution < -0.4 is 0 Å². The molecule has 5 nitrogen and oxygen atoms in total. The minimum atomic E-state index is -4.59. The molecule has 0 bridgehead atoms. The highest BCUT2D eigenvalue weighted by atomic mass is 31.2. The van der Waals surface area contributed by atoms with E-state index in [1.165, 1.54) is 6.92 Å². The smallest absolute Gasteiger partial charge is 0.330 e. The van der Waals surface area contributed by atoms with Gasteiger partial charge in [0.05, 0.1) is 12.3 Å². The summed E-state index contributed by atoms with van der Waals surface area (Å²) < 4.78 is 17.4. The van der Waals surface area contributed by atoms with Crippen molar-refractivity contribution in [3.63, 3.8) is 0 Å². The van der Waals surface area contributed by atoms with Gasteiger partial charge in [-0.25, -0.2) is 0 Å². The van der Waals surface area contributed by atoms with Crippen LogP contribution >= 0.6 is 7.60 Å². The zero-order valence-corrected chi connectivity index (χ0v) is 14.5. The predicted molar refractivity (Wildman–Crippen MR) is 91.8 cm³/mol. The van der Waals surface area contributed by atoms with Crippen molar-refractivity contribution in [3.8, 4) is 0 Å². The molecule has 0 fully saturated rings. The second-order valence-electron chi connectivity index (χ2n) is 5.53. The zero-order valence-electron chi connectivity index (χ0n) is 13.6. The number of carbonyl (C=O) groups is 1. The molecule has 2 aromatic carbocycles. The third-order valence-electron chi connectivity index (χ3n) is 4.19. The average molecular weight is 348 g/mol. The molecule has 0 aliphatic heterocycles. The Labute approximate surface area is 141 Å². The predicted octanol–water partition coefficient (Wildman–Crippen LogP) is 3.10. The second kappa shape index (κ2) is 7.31. The Kier molecular flexibility index (Phi) is 5.60. The van der Waals surface area contributed by atoms with E-state index >= 15 is 0 Å². The molecule has 1 unspecified atom stereocenters. The summed E-state index contributed by atoms with van der Waals surface area (Å²) in [7, 11) is -4.59. The van der Waals surface area contributed by atoms with E-state index in [1.807, 2.05) is 0 Å². The third-order valence-corrected chi connectivity index (χ3v) is 5.58. The second-order valence-corrected chi connectivity index (χ2v) is 7.48. The summed E-state index contributed by atoms with van der Waals surface area (Å²) in [6, 6.07) is 17.3. The lowest BCUT2D eigenvalue weighted by Crippen LogP contribution is -2.47. The molecule has 2 aromatic rings. The van der Waals surface area contributed by atoms with Crippen molar-refractivity contribution in [2.24, 2.45) is 0 Å². The monoisotopic (exact) mass is 348 g/mol. The molecule has 0 spiro atoms. The molecule has 0 amide bonds. The van der Waals surface area contributed by atoms with Gasteiger partial charge in [0.1, 0.15) is 5.41 Å². The fourth-order valence-corrected chi connectivity index (χ4v) is 3.86. The summed E-state index contributed by atoms with van der Waals surface area (Å²) in [5.74, 6) is -0.668. The van der Waals surface area contributed by atoms with Crippen LogP contribution in [0.15, 0.2) is 60.7 Å². The maximum Gasteiger partial charge on any atom is 0.330 e. The normalized spacial score (nSPS) is 13.3. The van der Waals surface area contributed by atoms with Crippen LogP contribution in [0.5, 0.6) is 0 Å². The quantitative estimate of drug-likeness (QED) is 0.619. The van der Waals surface area contributed by atoms with Crippen molar-refractivity contribution in [3.05, 3.63) is 71.8 Å². The Bertz CT molecular complexity index is 684. The summed E-state index contributed by atoms with van der Waals surface area (Å²) in [6.45, 7) is 3.17. The van der Waals surface area contributed by atoms with Gasteiger partial charge >= 0.3 is 13.6 Å². The number of hydrogen-bond acceptors (Lipinski definition) is 3. The van der Waals surface area contributed by atoms with Crippen molar-refractivity contribution in [1.29, 1.82) is 0 Å². The van der Waals surface area contributed by atoms with Crippen LogP contribution in [0.3, 0.4) is 0 Å². The molecule has 2 N–H and O–H groups in total. The molecule has 0 saturated heterocycles. The van der Waals surface area contributed by atoms with Gasteiger partial charge < -0.3 is 14.5 Å². The lowest BCUT2D eigenvalue weighted by Gasteiger charge is -2.37. The van der Waals surface area contributed by atoms with E-state index in [0.717, 1.165) is 0 Å². The minimum absolute atomic E-state index is 0.119. The van der Waals surface area contributed by atoms with E-state index in [9.17, 15) is 19.1 Å². The Morgan fingerprint density at radius 2 is 1.46 bits per heavy atom. The molecule has 24 heavy (non-hydrogen) atoms. The first-order valence-corrected chi connectivity index (χ1v) is 9.36. The van der Waals surface area contributed by atoms with E-state index < -0.39 is 24.6 Å². The Morgan fingerprint density at radius 1 is 1.04 bits per heavy atom. The van der Waals surface area contributed by atoms with Crippen LogP contribution in [-0.4, -0.2) is 28.0 Å². The Hall–Kier alpha value is -1.94. The molecule has 0 radical (unpaired) electrons. The number of hydrogen-bond donors (Lipinski definition) is 2. The van der Waals surface area contributed by atoms with E-state index in [4.69, 9.17) is 4.74 Å². The SMILES string of the molecule is CCOC(=O)C(c1ccccc1)(c1ccccc1)C(C)P(=O)(O)O. The summed E-state index contributed by atoms with van der Waals surface area (Å²) in [5.41, 5.74) is -1.89. The highest BCUT2D eigenvalue weighted by Gasteiger charge is 2.54. The van der Waals surface area contributed by atoms with Gasteiger partial charge in [-0.1, -0.05) is 60.7 Å². The molecule has 1 atom stereocenters. The van der Waals surface area contributed by atoms with Crippen LogP contribution in [0.1, 0.15) is 25.0 Å². The standard InChI is InChI=1S/C18H21O5P/c1-3-23-17(19)18(14(2)24(20,21)22,15-10-6-4-7-11-15)16-12-8-5-9-13-16/h4-14H,3H2,1-2H3,(H2,20,21,22). The topological polar surface area (TPSA) is 83.8 Å². The summed E-state index contributed by atoms with van der Waals surface area (Å²) >= 11 is 0. The van der Waals surface area contributed by atoms with E-state index in [-0.39, 0.29) is 6.61 Å². The van der Waals surface area contributed by atoms with Gasteiger partial charge in [-0.05, 0) is 25.0 Å². The van der Waals surface area contributed by atoms with E-state index in [1.54, 1.807) is 67.6 Å². The fraction of sp³-hybridized carbons (Fsp3) is 0.278. The average Bonchev–Trinajstić information content (AvgIpc) is 2.57. The molecule has 2 rings (SSSR count). The zero-order chi connectivity index (χ0) is 17.8. The van der Waals surface area contributed by atoms with Crippen LogP contribution in [0.25, 0.3) is 0 Å². The number of ether oxygens (including phenoxy) is 1. The maximum absolute atomic E-state index is 13.0. The van der Waals surface area contributed by atoms with Gasteiger partial charge in [-0.2, -0.15) is 0 Å². The maximum atomic E-state index is 13.0. The Morgan fingerprint density at radius 3 is 1.79 bits per heavy atom. The van der Waals surface area contributed by atoms with Gasteiger partial charge in [-0.15, -0.1) is 0 Å². The molecule has 128 valence electrons. The minimum Gasteiger partial charge on any atom is -0.465 e. The molecule has 6 heteroatoms. The van der Waals surface area contributed by atoms with Gasteiger partial charge in [0.15, 0.2) is 0 Å². The summed E-state index contributed by atoms with van der Waals surface area (Å²) in [5, 5.41) is 0. The largest absolute Gasteiger partial charge is 0.465 e. The van der Waals surface area contributed by atoms with E-state index in [2.05, 4.69) is 0 Å². The molecule has 0 aliphatic rings. The van der Waals surface area contributed by atoms with Crippen molar-refractivity contribution in [2.45, 2.75) is 24.9 Å². The van der Waals surface area contributed by atoms with Gasteiger partial charge in [0.2, 0.25) is 0 Å². The number of carbonyl (C=O) groups excluding carboxylic acids is 1. The van der Waals surface area contributed by atoms with Gasteiger partial charge in [-0.3, -0.25) is 9.36 Å². The van der Waals surface area contributed by atoms with Gasteiger partial charge in [0, 0.05) is 0 Å². The first-order valence-electron chi connectivity index (χ1n) is 7.68. The van der Waals surface area contributed by atoms with Crippen molar-refractivity contribution in [2.75, 3.05) is 6.61 Å². The first kappa shape index (κ1) is 18.4. The number of benzene rings is 2. The van der Waals surface area contributed by atoms with Crippen molar-refractivity contribution >= 4 is 13.6 Å². The summed E-state index contributed by atoms with van der Waals surface area (Å²) in [4.78, 5) is 32.7. The van der Waals surface area contributed by atoms with Gasteiger partial charge in [0.25, 0.3) is 0 Å². The number of esters is 1. The molecular weight excluding hydrogens is 327 g/mol. The number of rotatable bonds is 6. The molecule has 0 saturated carbocycles. The molecular formula is C18H21O5P. The highest BCUT2D eigenvalue weighted by molar-refractivity contribution is 7.52. The first-order chi connectivity index (χ1) is 11.3. The van der Waals surface area contributed by atoms with E-state index in [0.29, 0.717) is 11.1 Å². The van der Waals surface area contributed by atoms with Crippen LogP contribution in [-0.2, 0) is 19.5 Å². The third kappa shape index (κ3) is 3.29. The van der Waals surface area contributed by atoms with Crippen LogP contribution in [0.4, 0.5) is 0 Å². The highest BCUT2D eigenvalue weighted by Crippen LogP contribution is 2.54. The molecule has 0 aromatic heterocycles. The molecule has 0 aliphatic carbocycles. The fourth-order valence-electron chi connectivity index (χ4n) is 2.95. The molecule has 0 heterocycles.